The highest BCUT2D eigenvalue weighted by atomic mass is 79.9. The molecule has 1 N–H and O–H groups in total. The Morgan fingerprint density at radius 2 is 2.24 bits per heavy atom. The number of halogens is 1. The lowest BCUT2D eigenvalue weighted by Gasteiger charge is -2.16. The molecule has 0 saturated heterocycles. The number of nitro benzene ring substituents is 1. The fourth-order valence-corrected chi connectivity index (χ4v) is 1.88. The molecule has 0 aromatic heterocycles. The van der Waals surface area contributed by atoms with Gasteiger partial charge in [-0.2, -0.15) is 0 Å². The van der Waals surface area contributed by atoms with Crippen LogP contribution < -0.4 is 5.32 Å². The minimum atomic E-state index is -0.374. The predicted octanol–water partition coefficient (Wildman–Crippen LogP) is 2.01. The van der Waals surface area contributed by atoms with Gasteiger partial charge in [-0.3, -0.25) is 10.1 Å². The first-order valence-corrected chi connectivity index (χ1v) is 6.10. The van der Waals surface area contributed by atoms with Gasteiger partial charge in [0.2, 0.25) is 0 Å². The van der Waals surface area contributed by atoms with Gasteiger partial charge >= 0.3 is 0 Å². The van der Waals surface area contributed by atoms with Crippen LogP contribution in [0.3, 0.4) is 0 Å². The molecule has 0 unspecified atom stereocenters. The van der Waals surface area contributed by atoms with Crippen LogP contribution in [0.2, 0.25) is 0 Å². The number of hydrogen-bond acceptors (Lipinski definition) is 4. The van der Waals surface area contributed by atoms with Gasteiger partial charge in [0.25, 0.3) is 5.69 Å². The lowest BCUT2D eigenvalue weighted by atomic mass is 10.2. The minimum Gasteiger partial charge on any atom is -0.318 e. The van der Waals surface area contributed by atoms with E-state index in [0.717, 1.165) is 18.7 Å². The van der Waals surface area contributed by atoms with Gasteiger partial charge in [-0.05, 0) is 41.7 Å². The lowest BCUT2D eigenvalue weighted by Crippen LogP contribution is -2.26. The fraction of sp³-hybridized carbons (Fsp3) is 0.455. The molecule has 0 amide bonds. The Bertz CT molecular complexity index is 398. The van der Waals surface area contributed by atoms with Gasteiger partial charge in [-0.25, -0.2) is 0 Å². The summed E-state index contributed by atoms with van der Waals surface area (Å²) in [5.74, 6) is 0. The van der Waals surface area contributed by atoms with Crippen LogP contribution in [0, 0.1) is 10.1 Å². The normalized spacial score (nSPS) is 10.8. The van der Waals surface area contributed by atoms with E-state index in [0.29, 0.717) is 11.0 Å². The van der Waals surface area contributed by atoms with E-state index in [1.54, 1.807) is 12.1 Å². The first kappa shape index (κ1) is 14.1. The van der Waals surface area contributed by atoms with Crippen LogP contribution >= 0.6 is 15.9 Å². The number of nitro groups is 1. The summed E-state index contributed by atoms with van der Waals surface area (Å²) in [6.45, 7) is 2.51. The van der Waals surface area contributed by atoms with Crippen LogP contribution in [0.1, 0.15) is 5.56 Å². The van der Waals surface area contributed by atoms with Crippen LogP contribution in [0.15, 0.2) is 22.7 Å². The summed E-state index contributed by atoms with van der Waals surface area (Å²) in [6.07, 6.45) is 0. The van der Waals surface area contributed by atoms with Crippen molar-refractivity contribution in [3.8, 4) is 0 Å². The maximum atomic E-state index is 10.8. The Labute approximate surface area is 109 Å². The highest BCUT2D eigenvalue weighted by Gasteiger charge is 2.12. The molecule has 0 radical (unpaired) electrons. The van der Waals surface area contributed by atoms with Crippen molar-refractivity contribution in [2.24, 2.45) is 0 Å². The molecule has 0 atom stereocenters. The van der Waals surface area contributed by atoms with E-state index in [-0.39, 0.29) is 10.6 Å². The highest BCUT2D eigenvalue weighted by Crippen LogP contribution is 2.25. The maximum Gasteiger partial charge on any atom is 0.283 e. The summed E-state index contributed by atoms with van der Waals surface area (Å²) in [4.78, 5) is 12.5. The Morgan fingerprint density at radius 1 is 1.53 bits per heavy atom. The van der Waals surface area contributed by atoms with Crippen molar-refractivity contribution in [2.75, 3.05) is 27.2 Å². The molecule has 0 heterocycles. The summed E-state index contributed by atoms with van der Waals surface area (Å²) in [5, 5.41) is 13.8. The molecule has 0 saturated carbocycles. The summed E-state index contributed by atoms with van der Waals surface area (Å²) in [7, 11) is 3.89. The Kier molecular flexibility index (Phi) is 5.54. The first-order chi connectivity index (χ1) is 8.04. The molecular weight excluding hydrogens is 286 g/mol. The van der Waals surface area contributed by atoms with Gasteiger partial charge in [-0.1, -0.05) is 6.07 Å². The topological polar surface area (TPSA) is 58.4 Å². The van der Waals surface area contributed by atoms with Gasteiger partial charge in [0.05, 0.1) is 9.40 Å². The second kappa shape index (κ2) is 6.68. The Hall–Kier alpha value is -0.980. The van der Waals surface area contributed by atoms with Crippen LogP contribution in [0.25, 0.3) is 0 Å². The van der Waals surface area contributed by atoms with Crippen LogP contribution in [-0.4, -0.2) is 37.0 Å². The van der Waals surface area contributed by atoms with E-state index in [2.05, 4.69) is 26.1 Å². The molecule has 0 spiro atoms. The third-order valence-corrected chi connectivity index (χ3v) is 3.07. The van der Waals surface area contributed by atoms with Crippen molar-refractivity contribution in [1.82, 2.24) is 10.2 Å². The largest absolute Gasteiger partial charge is 0.318 e. The van der Waals surface area contributed by atoms with Gasteiger partial charge in [0, 0.05) is 25.7 Å². The summed E-state index contributed by atoms with van der Waals surface area (Å²) >= 11 is 3.17. The second-order valence-electron chi connectivity index (χ2n) is 3.88. The van der Waals surface area contributed by atoms with Crippen molar-refractivity contribution < 1.29 is 4.92 Å². The fourth-order valence-electron chi connectivity index (χ4n) is 1.49. The predicted molar refractivity (Wildman–Crippen MR) is 71.1 cm³/mol. The highest BCUT2D eigenvalue weighted by molar-refractivity contribution is 9.10. The lowest BCUT2D eigenvalue weighted by molar-refractivity contribution is -0.385. The molecule has 6 heteroatoms. The van der Waals surface area contributed by atoms with Crippen molar-refractivity contribution in [3.63, 3.8) is 0 Å². The molecule has 0 fully saturated rings. The van der Waals surface area contributed by atoms with Crippen molar-refractivity contribution in [2.45, 2.75) is 6.54 Å². The summed E-state index contributed by atoms with van der Waals surface area (Å²) < 4.78 is 0.518. The zero-order chi connectivity index (χ0) is 12.8. The number of benzene rings is 1. The molecule has 1 rings (SSSR count). The number of rotatable bonds is 6. The maximum absolute atomic E-state index is 10.8. The molecular formula is C11H16BrN3O2. The quantitative estimate of drug-likeness (QED) is 0.645. The molecule has 5 nitrogen and oxygen atoms in total. The smallest absolute Gasteiger partial charge is 0.283 e. The molecule has 1 aromatic rings. The average molecular weight is 302 g/mol. The van der Waals surface area contributed by atoms with Gasteiger partial charge in [0.1, 0.15) is 0 Å². The zero-order valence-electron chi connectivity index (χ0n) is 9.94. The molecule has 1 aromatic carbocycles. The minimum absolute atomic E-state index is 0.115. The first-order valence-electron chi connectivity index (χ1n) is 5.30. The molecule has 0 aliphatic rings. The van der Waals surface area contributed by atoms with Crippen LogP contribution in [-0.2, 0) is 6.54 Å². The van der Waals surface area contributed by atoms with Crippen molar-refractivity contribution in [3.05, 3.63) is 38.3 Å². The summed E-state index contributed by atoms with van der Waals surface area (Å²) in [6, 6.07) is 5.23. The molecule has 0 aliphatic carbocycles. The Balaban J connectivity index is 2.72. The molecule has 94 valence electrons. The number of nitrogens with zero attached hydrogens (tertiary/aromatic N) is 2. The monoisotopic (exact) mass is 301 g/mol. The van der Waals surface area contributed by atoms with E-state index in [9.17, 15) is 10.1 Å². The average Bonchev–Trinajstić information content (AvgIpc) is 2.28. The van der Waals surface area contributed by atoms with Crippen molar-refractivity contribution in [1.29, 1.82) is 0 Å². The number of hydrogen-bond donors (Lipinski definition) is 1. The van der Waals surface area contributed by atoms with E-state index in [1.165, 1.54) is 0 Å². The standard InChI is InChI=1S/C11H16BrN3O2/c1-13-5-6-14(2)8-9-3-4-10(12)11(7-9)15(16)17/h3-4,7,13H,5-6,8H2,1-2H3. The second-order valence-corrected chi connectivity index (χ2v) is 4.74. The van der Waals surface area contributed by atoms with Gasteiger partial charge in [0.15, 0.2) is 0 Å². The SMILES string of the molecule is CNCCN(C)Cc1ccc(Br)c([N+](=O)[O-])c1. The zero-order valence-corrected chi connectivity index (χ0v) is 11.5. The summed E-state index contributed by atoms with van der Waals surface area (Å²) in [5.41, 5.74) is 1.06. The molecule has 0 aliphatic heterocycles. The van der Waals surface area contributed by atoms with Crippen LogP contribution in [0.5, 0.6) is 0 Å². The van der Waals surface area contributed by atoms with Crippen molar-refractivity contribution >= 4 is 21.6 Å². The molecule has 0 bridgehead atoms. The molecule has 17 heavy (non-hydrogen) atoms. The van der Waals surface area contributed by atoms with E-state index in [1.807, 2.05) is 20.2 Å². The number of nitrogens with one attached hydrogen (secondary N) is 1. The number of likely N-dealkylation sites (N-methyl/N-ethyl adjacent to an activating group) is 2. The van der Waals surface area contributed by atoms with E-state index in [4.69, 9.17) is 0 Å². The van der Waals surface area contributed by atoms with Gasteiger partial charge in [-0.15, -0.1) is 0 Å². The third-order valence-electron chi connectivity index (χ3n) is 2.40. The van der Waals surface area contributed by atoms with E-state index < -0.39 is 0 Å². The van der Waals surface area contributed by atoms with E-state index >= 15 is 0 Å². The Morgan fingerprint density at radius 3 is 2.82 bits per heavy atom. The third kappa shape index (κ3) is 4.41. The van der Waals surface area contributed by atoms with Crippen LogP contribution in [0.4, 0.5) is 5.69 Å². The van der Waals surface area contributed by atoms with Gasteiger partial charge < -0.3 is 10.2 Å².